The minimum absolute atomic E-state index is 0.553. The predicted octanol–water partition coefficient (Wildman–Crippen LogP) is 5.12. The Morgan fingerprint density at radius 1 is 1.15 bits per heavy atom. The van der Waals surface area contributed by atoms with Crippen LogP contribution in [-0.2, 0) is 6.42 Å². The lowest BCUT2D eigenvalue weighted by Crippen LogP contribution is -2.29. The quantitative estimate of drug-likeness (QED) is 0.727. The van der Waals surface area contributed by atoms with Crippen molar-refractivity contribution in [1.29, 1.82) is 0 Å². The lowest BCUT2D eigenvalue weighted by atomic mass is 9.85. The van der Waals surface area contributed by atoms with Gasteiger partial charge in [-0.25, -0.2) is 0 Å². The van der Waals surface area contributed by atoms with E-state index < -0.39 is 0 Å². The summed E-state index contributed by atoms with van der Waals surface area (Å²) in [4.78, 5) is 0. The van der Waals surface area contributed by atoms with Gasteiger partial charge in [0.05, 0.1) is 0 Å². The molecular formula is C19H31N. The summed E-state index contributed by atoms with van der Waals surface area (Å²) in [5, 5.41) is 3.73. The van der Waals surface area contributed by atoms with Crippen molar-refractivity contribution < 1.29 is 0 Å². The summed E-state index contributed by atoms with van der Waals surface area (Å²) < 4.78 is 0. The zero-order valence-electron chi connectivity index (χ0n) is 13.5. The number of rotatable bonds is 7. The summed E-state index contributed by atoms with van der Waals surface area (Å²) in [5.74, 6) is 1.68. The Balaban J connectivity index is 2.08. The van der Waals surface area contributed by atoms with Crippen LogP contribution in [0.1, 0.15) is 70.0 Å². The molecule has 1 aromatic carbocycles. The molecule has 2 rings (SSSR count). The molecule has 1 aromatic rings. The molecule has 0 aromatic heterocycles. The van der Waals surface area contributed by atoms with E-state index >= 15 is 0 Å². The molecule has 20 heavy (non-hydrogen) atoms. The summed E-state index contributed by atoms with van der Waals surface area (Å²) in [7, 11) is 0. The highest BCUT2D eigenvalue weighted by Crippen LogP contribution is 2.40. The average molecular weight is 273 g/mol. The van der Waals surface area contributed by atoms with E-state index in [1.165, 1.54) is 49.7 Å². The van der Waals surface area contributed by atoms with Gasteiger partial charge in [-0.2, -0.15) is 0 Å². The first-order valence-corrected chi connectivity index (χ1v) is 8.58. The molecule has 0 aliphatic heterocycles. The molecule has 1 nitrogen and oxygen atoms in total. The summed E-state index contributed by atoms with van der Waals surface area (Å²) in [6.45, 7) is 7.97. The maximum absolute atomic E-state index is 3.73. The van der Waals surface area contributed by atoms with Crippen LogP contribution in [0.4, 0.5) is 0 Å². The van der Waals surface area contributed by atoms with Crippen molar-refractivity contribution in [3.05, 3.63) is 35.4 Å². The highest BCUT2D eigenvalue weighted by atomic mass is 14.9. The van der Waals surface area contributed by atoms with Gasteiger partial charge in [0.15, 0.2) is 0 Å². The van der Waals surface area contributed by atoms with Crippen molar-refractivity contribution in [2.24, 2.45) is 11.8 Å². The third-order valence-electron chi connectivity index (χ3n) is 4.94. The highest BCUT2D eigenvalue weighted by Gasteiger charge is 2.31. The van der Waals surface area contributed by atoms with Gasteiger partial charge in [0.2, 0.25) is 0 Å². The van der Waals surface area contributed by atoms with Gasteiger partial charge in [-0.05, 0) is 48.8 Å². The van der Waals surface area contributed by atoms with Crippen LogP contribution in [0.3, 0.4) is 0 Å². The summed E-state index contributed by atoms with van der Waals surface area (Å²) in [6, 6.07) is 9.97. The third-order valence-corrected chi connectivity index (χ3v) is 4.94. The zero-order valence-corrected chi connectivity index (χ0v) is 13.5. The van der Waals surface area contributed by atoms with Crippen molar-refractivity contribution in [3.63, 3.8) is 0 Å². The Morgan fingerprint density at radius 3 is 2.45 bits per heavy atom. The molecule has 0 saturated heterocycles. The fourth-order valence-corrected chi connectivity index (χ4v) is 3.68. The monoisotopic (exact) mass is 273 g/mol. The van der Waals surface area contributed by atoms with E-state index in [2.05, 4.69) is 50.4 Å². The second-order valence-electron chi connectivity index (χ2n) is 6.45. The molecule has 3 atom stereocenters. The van der Waals surface area contributed by atoms with Crippen LogP contribution in [0.2, 0.25) is 0 Å². The smallest absolute Gasteiger partial charge is 0.0351 e. The Labute approximate surface area is 125 Å². The topological polar surface area (TPSA) is 12.0 Å². The molecule has 1 fully saturated rings. The second-order valence-corrected chi connectivity index (χ2v) is 6.45. The van der Waals surface area contributed by atoms with E-state index in [0.717, 1.165) is 18.4 Å². The van der Waals surface area contributed by atoms with Gasteiger partial charge in [0.25, 0.3) is 0 Å². The number of hydrogen-bond donors (Lipinski definition) is 1. The van der Waals surface area contributed by atoms with E-state index in [-0.39, 0.29) is 0 Å². The predicted molar refractivity (Wildman–Crippen MR) is 88.0 cm³/mol. The molecule has 1 N–H and O–H groups in total. The normalized spacial score (nSPS) is 23.9. The van der Waals surface area contributed by atoms with Gasteiger partial charge < -0.3 is 5.32 Å². The number of unbranched alkanes of at least 4 members (excludes halogenated alkanes) is 1. The molecule has 0 spiro atoms. The van der Waals surface area contributed by atoms with Gasteiger partial charge in [0, 0.05) is 6.04 Å². The molecule has 112 valence electrons. The van der Waals surface area contributed by atoms with E-state index in [9.17, 15) is 0 Å². The van der Waals surface area contributed by atoms with Gasteiger partial charge >= 0.3 is 0 Å². The minimum atomic E-state index is 0.553. The maximum atomic E-state index is 3.73. The number of aryl methyl sites for hydroxylation is 1. The summed E-state index contributed by atoms with van der Waals surface area (Å²) in [5.41, 5.74) is 2.98. The van der Waals surface area contributed by atoms with Crippen LogP contribution >= 0.6 is 0 Å². The summed E-state index contributed by atoms with van der Waals surface area (Å²) in [6.07, 6.45) is 8.00. The Bertz CT molecular complexity index is 381. The SMILES string of the molecule is CCCCc1ccc(C(NCC)C2CCCC2C)cc1. The second kappa shape index (κ2) is 7.83. The Morgan fingerprint density at radius 2 is 1.90 bits per heavy atom. The third kappa shape index (κ3) is 3.85. The van der Waals surface area contributed by atoms with Gasteiger partial charge in [-0.3, -0.25) is 0 Å². The molecule has 1 saturated carbocycles. The molecule has 0 heterocycles. The van der Waals surface area contributed by atoms with Gasteiger partial charge in [0.1, 0.15) is 0 Å². The molecule has 0 radical (unpaired) electrons. The van der Waals surface area contributed by atoms with Crippen LogP contribution in [0.15, 0.2) is 24.3 Å². The largest absolute Gasteiger partial charge is 0.310 e. The van der Waals surface area contributed by atoms with Crippen LogP contribution in [0, 0.1) is 11.8 Å². The summed E-state index contributed by atoms with van der Waals surface area (Å²) >= 11 is 0. The molecule has 1 aliphatic carbocycles. The van der Waals surface area contributed by atoms with Gasteiger partial charge in [-0.15, -0.1) is 0 Å². The molecule has 1 heteroatoms. The standard InChI is InChI=1S/C19H31N/c1-4-6-9-16-11-13-17(14-12-16)19(20-5-2)18-10-7-8-15(18)3/h11-15,18-20H,4-10H2,1-3H3. The van der Waals surface area contributed by atoms with E-state index in [4.69, 9.17) is 0 Å². The van der Waals surface area contributed by atoms with Crippen LogP contribution < -0.4 is 5.32 Å². The molecular weight excluding hydrogens is 242 g/mol. The van der Waals surface area contributed by atoms with Crippen LogP contribution in [0.5, 0.6) is 0 Å². The van der Waals surface area contributed by atoms with E-state index in [1.54, 1.807) is 0 Å². The lowest BCUT2D eigenvalue weighted by molar-refractivity contribution is 0.305. The van der Waals surface area contributed by atoms with Crippen molar-refractivity contribution in [1.82, 2.24) is 5.32 Å². The van der Waals surface area contributed by atoms with E-state index in [0.29, 0.717) is 6.04 Å². The van der Waals surface area contributed by atoms with Gasteiger partial charge in [-0.1, -0.05) is 64.3 Å². The average Bonchev–Trinajstić information content (AvgIpc) is 2.89. The number of benzene rings is 1. The maximum Gasteiger partial charge on any atom is 0.0351 e. The molecule has 1 aliphatic rings. The minimum Gasteiger partial charge on any atom is -0.310 e. The number of nitrogens with one attached hydrogen (secondary N) is 1. The van der Waals surface area contributed by atoms with Crippen molar-refractivity contribution in [3.8, 4) is 0 Å². The zero-order chi connectivity index (χ0) is 14.4. The van der Waals surface area contributed by atoms with Crippen LogP contribution in [-0.4, -0.2) is 6.54 Å². The Kier molecular flexibility index (Phi) is 6.09. The lowest BCUT2D eigenvalue weighted by Gasteiger charge is -2.28. The molecule has 0 bridgehead atoms. The van der Waals surface area contributed by atoms with Crippen molar-refractivity contribution in [2.75, 3.05) is 6.54 Å². The fourth-order valence-electron chi connectivity index (χ4n) is 3.68. The van der Waals surface area contributed by atoms with Crippen LogP contribution in [0.25, 0.3) is 0 Å². The first-order chi connectivity index (χ1) is 9.76. The Hall–Kier alpha value is -0.820. The van der Waals surface area contributed by atoms with E-state index in [1.807, 2.05) is 0 Å². The van der Waals surface area contributed by atoms with Crippen molar-refractivity contribution in [2.45, 2.75) is 65.3 Å². The molecule has 3 unspecified atom stereocenters. The fraction of sp³-hybridized carbons (Fsp3) is 0.684. The highest BCUT2D eigenvalue weighted by molar-refractivity contribution is 5.26. The first-order valence-electron chi connectivity index (χ1n) is 8.58. The first kappa shape index (κ1) is 15.6. The molecule has 0 amide bonds. The van der Waals surface area contributed by atoms with Crippen molar-refractivity contribution >= 4 is 0 Å². The number of hydrogen-bond acceptors (Lipinski definition) is 1.